The predicted molar refractivity (Wildman–Crippen MR) is 88.7 cm³/mol. The van der Waals surface area contributed by atoms with E-state index in [4.69, 9.17) is 11.6 Å². The van der Waals surface area contributed by atoms with Crippen LogP contribution in [0.1, 0.15) is 34.6 Å². The molecular formula is C17H27ClN2. The second-order valence-corrected chi connectivity index (χ2v) is 7.70. The zero-order valence-electron chi connectivity index (χ0n) is 13.3. The molecule has 2 unspecified atom stereocenters. The van der Waals surface area contributed by atoms with Crippen molar-refractivity contribution < 1.29 is 0 Å². The number of nitrogens with zero attached hydrogens (tertiary/aromatic N) is 1. The highest BCUT2D eigenvalue weighted by Crippen LogP contribution is 2.30. The molecule has 3 heteroatoms. The first kappa shape index (κ1) is 15.7. The van der Waals surface area contributed by atoms with Crippen LogP contribution in [-0.4, -0.2) is 25.2 Å². The minimum Gasteiger partial charge on any atom is -0.365 e. The van der Waals surface area contributed by atoms with Crippen LogP contribution in [0.3, 0.4) is 0 Å². The van der Waals surface area contributed by atoms with Crippen LogP contribution in [0.2, 0.25) is 5.02 Å². The smallest absolute Gasteiger partial charge is 0.0438 e. The van der Waals surface area contributed by atoms with E-state index in [-0.39, 0.29) is 5.41 Å². The molecule has 2 rings (SSSR count). The van der Waals surface area contributed by atoms with E-state index < -0.39 is 0 Å². The van der Waals surface area contributed by atoms with Gasteiger partial charge in [-0.3, -0.25) is 0 Å². The molecule has 0 aliphatic carbocycles. The van der Waals surface area contributed by atoms with E-state index in [0.29, 0.717) is 18.0 Å². The van der Waals surface area contributed by atoms with E-state index in [1.54, 1.807) is 0 Å². The Morgan fingerprint density at radius 1 is 1.20 bits per heavy atom. The molecule has 1 fully saturated rings. The maximum atomic E-state index is 6.02. The van der Waals surface area contributed by atoms with Crippen molar-refractivity contribution in [1.29, 1.82) is 0 Å². The number of halogens is 1. The van der Waals surface area contributed by atoms with Crippen molar-refractivity contribution in [3.05, 3.63) is 29.3 Å². The third kappa shape index (κ3) is 3.48. The molecule has 1 aliphatic rings. The lowest BCUT2D eigenvalue weighted by molar-refractivity contribution is 0.221. The molecule has 0 spiro atoms. The van der Waals surface area contributed by atoms with Gasteiger partial charge in [0.25, 0.3) is 0 Å². The Balaban J connectivity index is 2.25. The summed E-state index contributed by atoms with van der Waals surface area (Å²) in [6, 6.07) is 9.30. The van der Waals surface area contributed by atoms with E-state index in [2.05, 4.69) is 57.0 Å². The van der Waals surface area contributed by atoms with Crippen LogP contribution in [0.25, 0.3) is 0 Å². The van der Waals surface area contributed by atoms with Crippen molar-refractivity contribution in [2.45, 2.75) is 46.7 Å². The fourth-order valence-corrected chi connectivity index (χ4v) is 3.00. The van der Waals surface area contributed by atoms with E-state index in [1.165, 1.54) is 5.69 Å². The summed E-state index contributed by atoms with van der Waals surface area (Å²) in [5.41, 5.74) is 1.55. The highest BCUT2D eigenvalue weighted by atomic mass is 35.5. The van der Waals surface area contributed by atoms with Crippen molar-refractivity contribution in [2.75, 3.05) is 18.0 Å². The molecule has 1 aliphatic heterocycles. The second-order valence-electron chi connectivity index (χ2n) is 7.27. The molecule has 0 saturated carbocycles. The van der Waals surface area contributed by atoms with E-state index in [0.717, 1.165) is 18.1 Å². The topological polar surface area (TPSA) is 15.3 Å². The van der Waals surface area contributed by atoms with Gasteiger partial charge in [0.15, 0.2) is 0 Å². The Kier molecular flexibility index (Phi) is 4.66. The van der Waals surface area contributed by atoms with Gasteiger partial charge in [-0.25, -0.2) is 0 Å². The Bertz CT molecular complexity index is 433. The fraction of sp³-hybridized carbons (Fsp3) is 0.647. The number of piperazine rings is 1. The minimum atomic E-state index is 0.270. The Morgan fingerprint density at radius 3 is 2.30 bits per heavy atom. The maximum absolute atomic E-state index is 6.02. The summed E-state index contributed by atoms with van der Waals surface area (Å²) < 4.78 is 0. The van der Waals surface area contributed by atoms with Gasteiger partial charge >= 0.3 is 0 Å². The molecule has 0 bridgehead atoms. The first-order valence-corrected chi connectivity index (χ1v) is 7.92. The van der Waals surface area contributed by atoms with E-state index >= 15 is 0 Å². The average molecular weight is 295 g/mol. The summed E-state index contributed by atoms with van der Waals surface area (Å²) in [5.74, 6) is 0.624. The normalized spacial score (nSPS) is 24.2. The van der Waals surface area contributed by atoms with E-state index in [1.807, 2.05) is 12.1 Å². The summed E-state index contributed by atoms with van der Waals surface area (Å²) in [4.78, 5) is 2.55. The molecule has 0 amide bonds. The molecule has 1 aromatic carbocycles. The number of anilines is 1. The molecule has 0 radical (unpaired) electrons. The van der Waals surface area contributed by atoms with Gasteiger partial charge in [-0.1, -0.05) is 46.2 Å². The zero-order valence-corrected chi connectivity index (χ0v) is 14.0. The summed E-state index contributed by atoms with van der Waals surface area (Å²) in [7, 11) is 0. The number of nitrogens with one attached hydrogen (secondary N) is 1. The van der Waals surface area contributed by atoms with Crippen molar-refractivity contribution in [3.63, 3.8) is 0 Å². The van der Waals surface area contributed by atoms with Crippen LogP contribution >= 0.6 is 11.6 Å². The summed E-state index contributed by atoms with van der Waals surface area (Å²) in [5, 5.41) is 4.54. The number of hydrogen-bond donors (Lipinski definition) is 1. The summed E-state index contributed by atoms with van der Waals surface area (Å²) >= 11 is 6.02. The summed E-state index contributed by atoms with van der Waals surface area (Å²) in [6.07, 6.45) is 0. The Hall–Kier alpha value is -0.730. The third-order valence-corrected chi connectivity index (χ3v) is 4.58. The molecule has 1 heterocycles. The first-order valence-electron chi connectivity index (χ1n) is 7.54. The van der Waals surface area contributed by atoms with Crippen LogP contribution < -0.4 is 10.2 Å². The predicted octanol–water partition coefficient (Wildman–Crippen LogP) is 4.19. The average Bonchev–Trinajstić information content (AvgIpc) is 2.37. The highest BCUT2D eigenvalue weighted by molar-refractivity contribution is 6.30. The van der Waals surface area contributed by atoms with Crippen molar-refractivity contribution in [1.82, 2.24) is 5.32 Å². The standard InChI is InChI=1S/C17H27ClN2/c1-12(2)15-10-19-16(17(3,4)5)11-20(15)14-8-6-13(18)7-9-14/h6-9,12,15-16,19H,10-11H2,1-5H3. The van der Waals surface area contributed by atoms with Crippen molar-refractivity contribution >= 4 is 17.3 Å². The van der Waals surface area contributed by atoms with Gasteiger partial charge in [0.1, 0.15) is 0 Å². The second kappa shape index (κ2) is 5.95. The summed E-state index contributed by atoms with van der Waals surface area (Å²) in [6.45, 7) is 13.6. The van der Waals surface area contributed by atoms with Crippen LogP contribution in [-0.2, 0) is 0 Å². The van der Waals surface area contributed by atoms with Gasteiger partial charge < -0.3 is 10.2 Å². The number of rotatable bonds is 2. The molecule has 1 N–H and O–H groups in total. The quantitative estimate of drug-likeness (QED) is 0.880. The van der Waals surface area contributed by atoms with E-state index in [9.17, 15) is 0 Å². The highest BCUT2D eigenvalue weighted by Gasteiger charge is 2.35. The SMILES string of the molecule is CC(C)C1CNC(C(C)(C)C)CN1c1ccc(Cl)cc1. The number of hydrogen-bond acceptors (Lipinski definition) is 2. The monoisotopic (exact) mass is 294 g/mol. The van der Waals surface area contributed by atoms with Crippen LogP contribution in [0.4, 0.5) is 5.69 Å². The molecule has 0 aromatic heterocycles. The lowest BCUT2D eigenvalue weighted by Gasteiger charge is -2.47. The van der Waals surface area contributed by atoms with Gasteiger partial charge in [0, 0.05) is 35.9 Å². The molecule has 1 saturated heterocycles. The Morgan fingerprint density at radius 2 is 1.80 bits per heavy atom. The van der Waals surface area contributed by atoms with Gasteiger partial charge in [-0.15, -0.1) is 0 Å². The molecule has 1 aromatic rings. The lowest BCUT2D eigenvalue weighted by atomic mass is 9.83. The van der Waals surface area contributed by atoms with Gasteiger partial charge in [-0.2, -0.15) is 0 Å². The minimum absolute atomic E-state index is 0.270. The van der Waals surface area contributed by atoms with Gasteiger partial charge in [-0.05, 0) is 35.6 Å². The van der Waals surface area contributed by atoms with Gasteiger partial charge in [0.05, 0.1) is 0 Å². The molecule has 2 atom stereocenters. The first-order chi connectivity index (χ1) is 9.29. The fourth-order valence-electron chi connectivity index (χ4n) is 2.87. The molecular weight excluding hydrogens is 268 g/mol. The number of benzene rings is 1. The van der Waals surface area contributed by atoms with Crippen LogP contribution in [0.5, 0.6) is 0 Å². The Labute approximate surface area is 128 Å². The van der Waals surface area contributed by atoms with Crippen LogP contribution in [0.15, 0.2) is 24.3 Å². The van der Waals surface area contributed by atoms with Gasteiger partial charge in [0.2, 0.25) is 0 Å². The van der Waals surface area contributed by atoms with Crippen molar-refractivity contribution in [2.24, 2.45) is 11.3 Å². The molecule has 112 valence electrons. The largest absolute Gasteiger partial charge is 0.365 e. The molecule has 2 nitrogen and oxygen atoms in total. The maximum Gasteiger partial charge on any atom is 0.0438 e. The van der Waals surface area contributed by atoms with Crippen molar-refractivity contribution in [3.8, 4) is 0 Å². The lowest BCUT2D eigenvalue weighted by Crippen LogP contribution is -2.62. The zero-order chi connectivity index (χ0) is 14.9. The molecule has 20 heavy (non-hydrogen) atoms. The van der Waals surface area contributed by atoms with Crippen LogP contribution in [0, 0.1) is 11.3 Å². The third-order valence-electron chi connectivity index (χ3n) is 4.33.